The molecule has 2 amide bonds. The number of fused-ring (bicyclic) bond motifs is 1. The number of aliphatic hydroxyl groups is 1. The molecule has 3 N–H and O–H groups in total. The molecule has 0 aliphatic carbocycles. The van der Waals surface area contributed by atoms with E-state index in [0.29, 0.717) is 23.3 Å². The second-order valence-corrected chi connectivity index (χ2v) is 10.1. The van der Waals surface area contributed by atoms with Crippen LogP contribution in [0.4, 0.5) is 4.79 Å². The van der Waals surface area contributed by atoms with E-state index >= 15 is 0 Å². The van der Waals surface area contributed by atoms with Crippen LogP contribution < -0.4 is 10.9 Å². The second-order valence-electron chi connectivity index (χ2n) is 10.1. The number of likely N-dealkylation sites (N-methyl/N-ethyl adjacent to an activating group) is 1. The molecule has 40 heavy (non-hydrogen) atoms. The molecule has 0 aliphatic rings. The number of hydrogen-bond donors (Lipinski definition) is 3. The number of hydrogen-bond acceptors (Lipinski definition) is 7. The molecule has 0 radical (unpaired) electrons. The topological polar surface area (TPSA) is 147 Å². The first-order valence-electron chi connectivity index (χ1n) is 13.1. The number of aromatic amines is 1. The van der Waals surface area contributed by atoms with Gasteiger partial charge in [0.2, 0.25) is 5.91 Å². The molecule has 11 heteroatoms. The number of methoxy groups -OCH3 is 1. The van der Waals surface area contributed by atoms with Gasteiger partial charge in [0.15, 0.2) is 5.78 Å². The fourth-order valence-electron chi connectivity index (χ4n) is 4.21. The monoisotopic (exact) mass is 551 g/mol. The summed E-state index contributed by atoms with van der Waals surface area (Å²) in [5.74, 6) is -0.000948. The molecule has 3 rings (SSSR count). The Hall–Kier alpha value is -4.25. The number of para-hydroxylation sites is 1. The minimum Gasteiger partial charge on any atom is -0.453 e. The van der Waals surface area contributed by atoms with E-state index in [1.807, 2.05) is 32.0 Å². The van der Waals surface area contributed by atoms with Crippen LogP contribution in [0.5, 0.6) is 0 Å². The summed E-state index contributed by atoms with van der Waals surface area (Å²) in [5.41, 5.74) is 2.04. The van der Waals surface area contributed by atoms with Gasteiger partial charge in [0, 0.05) is 37.8 Å². The van der Waals surface area contributed by atoms with Crippen molar-refractivity contribution < 1.29 is 24.2 Å². The van der Waals surface area contributed by atoms with E-state index in [-0.39, 0.29) is 48.1 Å². The summed E-state index contributed by atoms with van der Waals surface area (Å²) >= 11 is 0. The highest BCUT2D eigenvalue weighted by molar-refractivity contribution is 5.89. The fraction of sp³-hybridized carbons (Fsp3) is 0.414. The standard InChI is InChI=1S/C29H37N5O6/c1-18(2)27(37)20-11-8-13-22-26(20)32-24(30-22)17-34-15-9-10-19(28(34)38)16-23(35)21(31-29(39)40-5)12-6-7-14-25(36)33(3)4/h7-11,13-15,18,21,27,37H,6,12,16-17H2,1-5H3,(H,30,32)(H,31,39)/b14-7+/t21-,27?/m0/s1. The van der Waals surface area contributed by atoms with Crippen LogP contribution in [0.25, 0.3) is 11.0 Å². The largest absolute Gasteiger partial charge is 0.453 e. The summed E-state index contributed by atoms with van der Waals surface area (Å²) in [6, 6.07) is 7.90. The fourth-order valence-corrected chi connectivity index (χ4v) is 4.21. The van der Waals surface area contributed by atoms with E-state index in [2.05, 4.69) is 20.0 Å². The number of Topliss-reactive ketones (excluding diaryl/α,β-unsaturated/α-hetero) is 1. The normalized spacial score (nSPS) is 13.0. The zero-order chi connectivity index (χ0) is 29.4. The summed E-state index contributed by atoms with van der Waals surface area (Å²) in [4.78, 5) is 59.3. The maximum Gasteiger partial charge on any atom is 0.407 e. The molecule has 0 spiro atoms. The van der Waals surface area contributed by atoms with Crippen molar-refractivity contribution in [1.82, 2.24) is 24.8 Å². The van der Waals surface area contributed by atoms with E-state index in [9.17, 15) is 24.3 Å². The lowest BCUT2D eigenvalue weighted by Crippen LogP contribution is -2.42. The molecule has 0 saturated heterocycles. The molecule has 1 unspecified atom stereocenters. The summed E-state index contributed by atoms with van der Waals surface area (Å²) in [5, 5.41) is 13.1. The predicted octanol–water partition coefficient (Wildman–Crippen LogP) is 2.72. The first kappa shape index (κ1) is 30.3. The van der Waals surface area contributed by atoms with Gasteiger partial charge in [0.1, 0.15) is 5.82 Å². The highest BCUT2D eigenvalue weighted by Crippen LogP contribution is 2.27. The molecule has 0 saturated carbocycles. The van der Waals surface area contributed by atoms with Crippen molar-refractivity contribution in [3.63, 3.8) is 0 Å². The second kappa shape index (κ2) is 13.7. The zero-order valence-electron chi connectivity index (χ0n) is 23.5. The number of pyridine rings is 1. The van der Waals surface area contributed by atoms with Crippen molar-refractivity contribution in [3.8, 4) is 0 Å². The lowest BCUT2D eigenvalue weighted by Gasteiger charge is -2.16. The molecule has 2 heterocycles. The van der Waals surface area contributed by atoms with Crippen molar-refractivity contribution in [3.05, 3.63) is 76.0 Å². The SMILES string of the molecule is COC(=O)N[C@@H](CC/C=C/C(=O)N(C)C)C(=O)Cc1cccn(Cc2nc3c(C(O)C(C)C)cccc3[nH]2)c1=O. The number of allylic oxidation sites excluding steroid dienone is 1. The lowest BCUT2D eigenvalue weighted by molar-refractivity contribution is -0.123. The van der Waals surface area contributed by atoms with Gasteiger partial charge in [-0.1, -0.05) is 38.1 Å². The van der Waals surface area contributed by atoms with Crippen molar-refractivity contribution in [2.45, 2.75) is 51.8 Å². The van der Waals surface area contributed by atoms with Crippen LogP contribution in [0.2, 0.25) is 0 Å². The maximum atomic E-state index is 13.3. The Labute approximate surface area is 232 Å². The quantitative estimate of drug-likeness (QED) is 0.293. The predicted molar refractivity (Wildman–Crippen MR) is 151 cm³/mol. The molecule has 214 valence electrons. The van der Waals surface area contributed by atoms with Gasteiger partial charge in [-0.3, -0.25) is 14.4 Å². The number of H-pyrrole nitrogens is 1. The third-order valence-corrected chi connectivity index (χ3v) is 6.52. The van der Waals surface area contributed by atoms with Crippen molar-refractivity contribution in [1.29, 1.82) is 0 Å². The number of alkyl carbamates (subject to hydrolysis) is 1. The van der Waals surface area contributed by atoms with Crippen LogP contribution in [0, 0.1) is 5.92 Å². The van der Waals surface area contributed by atoms with Gasteiger partial charge in [0.25, 0.3) is 5.56 Å². The molecule has 0 aliphatic heterocycles. The Morgan fingerprint density at radius 2 is 1.95 bits per heavy atom. The van der Waals surface area contributed by atoms with Crippen molar-refractivity contribution >= 4 is 28.8 Å². The minimum atomic E-state index is -0.902. The van der Waals surface area contributed by atoms with E-state index in [0.717, 1.165) is 5.52 Å². The number of amides is 2. The summed E-state index contributed by atoms with van der Waals surface area (Å²) in [6.07, 6.45) is 3.62. The van der Waals surface area contributed by atoms with Crippen LogP contribution in [-0.4, -0.2) is 69.6 Å². The summed E-state index contributed by atoms with van der Waals surface area (Å²) < 4.78 is 6.11. The van der Waals surface area contributed by atoms with Crippen LogP contribution in [0.15, 0.2) is 53.5 Å². The molecule has 11 nitrogen and oxygen atoms in total. The molecule has 2 atom stereocenters. The minimum absolute atomic E-state index is 0.0108. The van der Waals surface area contributed by atoms with E-state index in [1.54, 1.807) is 38.5 Å². The van der Waals surface area contributed by atoms with Crippen LogP contribution >= 0.6 is 0 Å². The first-order chi connectivity index (χ1) is 19.0. The number of ketones is 1. The first-order valence-corrected chi connectivity index (χ1v) is 13.1. The number of aromatic nitrogens is 3. The van der Waals surface area contributed by atoms with E-state index in [4.69, 9.17) is 0 Å². The van der Waals surface area contributed by atoms with Gasteiger partial charge in [-0.05, 0) is 37.0 Å². The van der Waals surface area contributed by atoms with Crippen LogP contribution in [0.3, 0.4) is 0 Å². The third-order valence-electron chi connectivity index (χ3n) is 6.52. The molecular formula is C29H37N5O6. The van der Waals surface area contributed by atoms with Crippen molar-refractivity contribution in [2.24, 2.45) is 5.92 Å². The Kier molecular flexibility index (Phi) is 10.4. The maximum absolute atomic E-state index is 13.3. The number of rotatable bonds is 12. The average Bonchev–Trinajstić information content (AvgIpc) is 3.34. The van der Waals surface area contributed by atoms with Gasteiger partial charge in [-0.15, -0.1) is 0 Å². The molecule has 2 aromatic heterocycles. The van der Waals surface area contributed by atoms with Gasteiger partial charge >= 0.3 is 6.09 Å². The Morgan fingerprint density at radius 1 is 1.20 bits per heavy atom. The van der Waals surface area contributed by atoms with Crippen molar-refractivity contribution in [2.75, 3.05) is 21.2 Å². The van der Waals surface area contributed by atoms with Crippen LogP contribution in [-0.2, 0) is 27.3 Å². The molecular weight excluding hydrogens is 514 g/mol. The highest BCUT2D eigenvalue weighted by atomic mass is 16.5. The van der Waals surface area contributed by atoms with Gasteiger partial charge in [-0.25, -0.2) is 9.78 Å². The third kappa shape index (κ3) is 7.66. The number of carbonyl (C=O) groups excluding carboxylic acids is 3. The Bertz CT molecular complexity index is 1440. The smallest absolute Gasteiger partial charge is 0.407 e. The van der Waals surface area contributed by atoms with Gasteiger partial charge in [0.05, 0.1) is 36.8 Å². The van der Waals surface area contributed by atoms with Crippen LogP contribution in [0.1, 0.15) is 49.7 Å². The van der Waals surface area contributed by atoms with Gasteiger partial charge < -0.3 is 29.6 Å². The average molecular weight is 552 g/mol. The molecule has 1 aromatic carbocycles. The Balaban J connectivity index is 1.77. The summed E-state index contributed by atoms with van der Waals surface area (Å²) in [6.45, 7) is 4.00. The number of nitrogens with one attached hydrogen (secondary N) is 2. The van der Waals surface area contributed by atoms with E-state index in [1.165, 1.54) is 22.7 Å². The number of carbonyl (C=O) groups is 3. The number of aliphatic hydroxyl groups excluding tert-OH is 1. The molecule has 0 fully saturated rings. The number of imidazole rings is 1. The molecule has 0 bridgehead atoms. The zero-order valence-corrected chi connectivity index (χ0v) is 23.5. The number of benzene rings is 1. The van der Waals surface area contributed by atoms with E-state index < -0.39 is 18.2 Å². The van der Waals surface area contributed by atoms with Gasteiger partial charge in [-0.2, -0.15) is 0 Å². The highest BCUT2D eigenvalue weighted by Gasteiger charge is 2.22. The lowest BCUT2D eigenvalue weighted by atomic mass is 9.98. The number of ether oxygens (including phenoxy) is 1. The molecule has 3 aromatic rings. The summed E-state index contributed by atoms with van der Waals surface area (Å²) in [7, 11) is 4.47. The Morgan fingerprint density at radius 3 is 2.62 bits per heavy atom. The number of nitrogens with zero attached hydrogens (tertiary/aromatic N) is 3.